The molecular weight excluding hydrogens is 344 g/mol. The summed E-state index contributed by atoms with van der Waals surface area (Å²) < 4.78 is 17.9. The van der Waals surface area contributed by atoms with Crippen LogP contribution in [0, 0.1) is 0 Å². The molecule has 7 heteroatoms. The predicted octanol–water partition coefficient (Wildman–Crippen LogP) is 3.72. The van der Waals surface area contributed by atoms with Crippen LogP contribution in [0.25, 0.3) is 22.6 Å². The molecule has 4 rings (SSSR count). The maximum Gasteiger partial charge on any atom is 0.264 e. The van der Waals surface area contributed by atoms with Crippen LogP contribution in [0.15, 0.2) is 65.3 Å². The van der Waals surface area contributed by atoms with E-state index in [2.05, 4.69) is 15.2 Å². The Labute approximate surface area is 156 Å². The van der Waals surface area contributed by atoms with Crippen LogP contribution in [0.5, 0.6) is 11.5 Å². The van der Waals surface area contributed by atoms with Crippen molar-refractivity contribution in [1.29, 1.82) is 0 Å². The molecule has 7 nitrogen and oxygen atoms in total. The normalized spacial score (nSPS) is 10.7. The zero-order chi connectivity index (χ0) is 18.6. The highest BCUT2D eigenvalue weighted by Gasteiger charge is 2.11. The summed E-state index contributed by atoms with van der Waals surface area (Å²) >= 11 is 0. The fourth-order valence-corrected chi connectivity index (χ4v) is 2.72. The summed E-state index contributed by atoms with van der Waals surface area (Å²) in [6, 6.07) is 17.2. The first-order valence-electron chi connectivity index (χ1n) is 8.41. The number of aromatic nitrogens is 4. The molecule has 0 saturated carbocycles. The van der Waals surface area contributed by atoms with Crippen molar-refractivity contribution in [2.75, 3.05) is 7.11 Å². The van der Waals surface area contributed by atoms with Gasteiger partial charge in [-0.05, 0) is 36.4 Å². The molecule has 2 heterocycles. The van der Waals surface area contributed by atoms with Gasteiger partial charge in [-0.2, -0.15) is 10.1 Å². The summed E-state index contributed by atoms with van der Waals surface area (Å²) in [6.45, 7) is 0.195. The quantitative estimate of drug-likeness (QED) is 0.520. The Kier molecular flexibility index (Phi) is 4.57. The van der Waals surface area contributed by atoms with Gasteiger partial charge in [-0.25, -0.2) is 0 Å². The molecule has 0 bridgehead atoms. The van der Waals surface area contributed by atoms with E-state index in [1.165, 1.54) is 0 Å². The number of aryl methyl sites for hydroxylation is 1. The van der Waals surface area contributed by atoms with Gasteiger partial charge < -0.3 is 14.0 Å². The number of ether oxygens (including phenoxy) is 2. The van der Waals surface area contributed by atoms with Crippen molar-refractivity contribution in [2.24, 2.45) is 7.05 Å². The Morgan fingerprint density at radius 1 is 1.00 bits per heavy atom. The smallest absolute Gasteiger partial charge is 0.264 e. The van der Waals surface area contributed by atoms with Gasteiger partial charge in [0.15, 0.2) is 6.61 Å². The third kappa shape index (κ3) is 3.67. The molecule has 0 aliphatic rings. The zero-order valence-corrected chi connectivity index (χ0v) is 15.0. The number of benzene rings is 2. The van der Waals surface area contributed by atoms with E-state index in [0.29, 0.717) is 17.5 Å². The molecule has 2 aromatic carbocycles. The van der Waals surface area contributed by atoms with E-state index in [1.54, 1.807) is 13.3 Å². The van der Waals surface area contributed by atoms with Gasteiger partial charge in [0, 0.05) is 24.4 Å². The second-order valence-corrected chi connectivity index (χ2v) is 5.90. The Morgan fingerprint density at radius 2 is 1.78 bits per heavy atom. The lowest BCUT2D eigenvalue weighted by Crippen LogP contribution is -1.96. The van der Waals surface area contributed by atoms with Crippen LogP contribution in [0.4, 0.5) is 0 Å². The summed E-state index contributed by atoms with van der Waals surface area (Å²) in [5, 5.41) is 8.27. The first-order valence-corrected chi connectivity index (χ1v) is 8.41. The first-order chi connectivity index (χ1) is 13.2. The number of nitrogens with zero attached hydrogens (tertiary/aromatic N) is 4. The maximum absolute atomic E-state index is 5.68. The molecule has 136 valence electrons. The summed E-state index contributed by atoms with van der Waals surface area (Å²) in [6.07, 6.45) is 1.77. The molecule has 2 aromatic heterocycles. The molecule has 0 radical (unpaired) electrons. The molecule has 0 aliphatic heterocycles. The van der Waals surface area contributed by atoms with E-state index >= 15 is 0 Å². The molecular formula is C20H18N4O3. The van der Waals surface area contributed by atoms with Gasteiger partial charge in [-0.15, -0.1) is 0 Å². The Bertz CT molecular complexity index is 1040. The monoisotopic (exact) mass is 362 g/mol. The predicted molar refractivity (Wildman–Crippen MR) is 99.3 cm³/mol. The van der Waals surface area contributed by atoms with Crippen molar-refractivity contribution in [3.8, 4) is 34.1 Å². The van der Waals surface area contributed by atoms with Crippen molar-refractivity contribution >= 4 is 0 Å². The summed E-state index contributed by atoms with van der Waals surface area (Å²) in [7, 11) is 3.53. The van der Waals surface area contributed by atoms with Crippen molar-refractivity contribution < 1.29 is 14.0 Å². The number of rotatable bonds is 6. The Hall–Kier alpha value is -3.61. The average Bonchev–Trinajstić information content (AvgIpc) is 3.36. The van der Waals surface area contributed by atoms with Crippen LogP contribution in [0.2, 0.25) is 0 Å². The summed E-state index contributed by atoms with van der Waals surface area (Å²) in [5.74, 6) is 2.41. The topological polar surface area (TPSA) is 75.2 Å². The lowest BCUT2D eigenvalue weighted by Gasteiger charge is -2.04. The van der Waals surface area contributed by atoms with Crippen LogP contribution in [-0.2, 0) is 13.7 Å². The molecule has 0 N–H and O–H groups in total. The highest BCUT2D eigenvalue weighted by Crippen LogP contribution is 2.24. The van der Waals surface area contributed by atoms with Crippen LogP contribution < -0.4 is 9.47 Å². The van der Waals surface area contributed by atoms with Crippen LogP contribution in [-0.4, -0.2) is 27.0 Å². The van der Waals surface area contributed by atoms with Crippen molar-refractivity contribution in [1.82, 2.24) is 19.9 Å². The highest BCUT2D eigenvalue weighted by atomic mass is 16.5. The minimum atomic E-state index is 0.195. The standard InChI is InChI=1S/C20H18N4O3/c1-24-18(10-11-21-24)14-4-3-5-15(12-14)20-22-19(27-23-20)13-26-17-8-6-16(25-2)7-9-17/h3-12H,13H2,1-2H3. The van der Waals surface area contributed by atoms with Crippen LogP contribution in [0.1, 0.15) is 5.89 Å². The van der Waals surface area contributed by atoms with Crippen molar-refractivity contribution in [3.63, 3.8) is 0 Å². The van der Waals surface area contributed by atoms with Gasteiger partial charge in [0.05, 0.1) is 12.8 Å². The molecule has 0 spiro atoms. The van der Waals surface area contributed by atoms with Gasteiger partial charge in [0.25, 0.3) is 5.89 Å². The second kappa shape index (κ2) is 7.33. The van der Waals surface area contributed by atoms with Gasteiger partial charge in [0.1, 0.15) is 11.5 Å². The zero-order valence-electron chi connectivity index (χ0n) is 15.0. The van der Waals surface area contributed by atoms with Gasteiger partial charge in [-0.3, -0.25) is 4.68 Å². The lowest BCUT2D eigenvalue weighted by atomic mass is 10.1. The molecule has 0 fully saturated rings. The molecule has 27 heavy (non-hydrogen) atoms. The minimum absolute atomic E-state index is 0.195. The largest absolute Gasteiger partial charge is 0.497 e. The van der Waals surface area contributed by atoms with E-state index in [1.807, 2.05) is 66.3 Å². The van der Waals surface area contributed by atoms with Crippen molar-refractivity contribution in [2.45, 2.75) is 6.61 Å². The number of hydrogen-bond donors (Lipinski definition) is 0. The fraction of sp³-hybridized carbons (Fsp3) is 0.150. The van der Waals surface area contributed by atoms with Crippen LogP contribution >= 0.6 is 0 Å². The number of hydrogen-bond acceptors (Lipinski definition) is 6. The summed E-state index contributed by atoms with van der Waals surface area (Å²) in [4.78, 5) is 4.42. The van der Waals surface area contributed by atoms with E-state index in [0.717, 1.165) is 22.6 Å². The van der Waals surface area contributed by atoms with Gasteiger partial charge in [0.2, 0.25) is 5.82 Å². The van der Waals surface area contributed by atoms with Crippen molar-refractivity contribution in [3.05, 3.63) is 66.7 Å². The van der Waals surface area contributed by atoms with E-state index in [4.69, 9.17) is 14.0 Å². The maximum atomic E-state index is 5.68. The molecule has 0 saturated heterocycles. The molecule has 4 aromatic rings. The Morgan fingerprint density at radius 3 is 2.52 bits per heavy atom. The lowest BCUT2D eigenvalue weighted by molar-refractivity contribution is 0.242. The molecule has 0 amide bonds. The van der Waals surface area contributed by atoms with Gasteiger partial charge >= 0.3 is 0 Å². The highest BCUT2D eigenvalue weighted by molar-refractivity contribution is 5.67. The molecule has 0 aliphatic carbocycles. The SMILES string of the molecule is COc1ccc(OCc2nc(-c3cccc(-c4ccnn4C)c3)no2)cc1. The third-order valence-electron chi connectivity index (χ3n) is 4.13. The van der Waals surface area contributed by atoms with E-state index in [-0.39, 0.29) is 6.61 Å². The molecule has 0 atom stereocenters. The average molecular weight is 362 g/mol. The number of methoxy groups -OCH3 is 1. The molecule has 0 unspecified atom stereocenters. The fourth-order valence-electron chi connectivity index (χ4n) is 2.72. The van der Waals surface area contributed by atoms with E-state index < -0.39 is 0 Å². The van der Waals surface area contributed by atoms with Crippen LogP contribution in [0.3, 0.4) is 0 Å². The minimum Gasteiger partial charge on any atom is -0.497 e. The Balaban J connectivity index is 1.48. The van der Waals surface area contributed by atoms with Gasteiger partial charge in [-0.1, -0.05) is 23.4 Å². The third-order valence-corrected chi connectivity index (χ3v) is 4.13. The van der Waals surface area contributed by atoms with E-state index in [9.17, 15) is 0 Å². The first kappa shape index (κ1) is 16.8. The second-order valence-electron chi connectivity index (χ2n) is 5.90. The summed E-state index contributed by atoms with van der Waals surface area (Å²) in [5.41, 5.74) is 2.92.